The van der Waals surface area contributed by atoms with Gasteiger partial charge in [0.2, 0.25) is 0 Å². The summed E-state index contributed by atoms with van der Waals surface area (Å²) in [4.78, 5) is 11.0. The van der Waals surface area contributed by atoms with E-state index in [0.29, 0.717) is 5.69 Å². The maximum Gasteiger partial charge on any atom is 0.411 e. The van der Waals surface area contributed by atoms with E-state index in [4.69, 9.17) is 0 Å². The first-order valence-electron chi connectivity index (χ1n) is 5.97. The van der Waals surface area contributed by atoms with Crippen LogP contribution in [-0.4, -0.2) is 17.8 Å². The van der Waals surface area contributed by atoms with Crippen molar-refractivity contribution >= 4 is 17.5 Å². The average Bonchev–Trinajstić information content (AvgIpc) is 2.83. The lowest BCUT2D eigenvalue weighted by molar-refractivity contribution is 0.187. The van der Waals surface area contributed by atoms with Crippen LogP contribution in [0.4, 0.5) is 16.2 Å². The molecule has 5 heteroatoms. The van der Waals surface area contributed by atoms with Gasteiger partial charge < -0.3 is 14.6 Å². The third kappa shape index (κ3) is 3.77. The number of ether oxygens (including phenoxy) is 1. The molecule has 1 amide bonds. The standard InChI is InChI=1S/C14H17N3O2/c1-17-8-7-11(10-17)9-15-12-3-5-13(6-4-12)16-14(18)19-2/h3-8,10,15H,9H2,1-2H3,(H,16,18). The zero-order valence-electron chi connectivity index (χ0n) is 11.0. The number of aryl methyl sites for hydroxylation is 1. The monoisotopic (exact) mass is 259 g/mol. The number of hydrogen-bond donors (Lipinski definition) is 2. The van der Waals surface area contributed by atoms with Crippen molar-refractivity contribution in [1.82, 2.24) is 4.57 Å². The number of hydrogen-bond acceptors (Lipinski definition) is 3. The van der Waals surface area contributed by atoms with Gasteiger partial charge in [-0.1, -0.05) is 0 Å². The number of nitrogens with zero attached hydrogens (tertiary/aromatic N) is 1. The van der Waals surface area contributed by atoms with E-state index in [2.05, 4.69) is 27.6 Å². The molecule has 0 aliphatic carbocycles. The van der Waals surface area contributed by atoms with E-state index in [0.717, 1.165) is 12.2 Å². The maximum absolute atomic E-state index is 11.0. The highest BCUT2D eigenvalue weighted by molar-refractivity contribution is 5.84. The molecule has 100 valence electrons. The topological polar surface area (TPSA) is 55.3 Å². The van der Waals surface area contributed by atoms with Crippen LogP contribution in [0.5, 0.6) is 0 Å². The van der Waals surface area contributed by atoms with Crippen LogP contribution in [0.25, 0.3) is 0 Å². The highest BCUT2D eigenvalue weighted by Crippen LogP contribution is 2.14. The number of anilines is 2. The van der Waals surface area contributed by atoms with Crippen LogP contribution in [0, 0.1) is 0 Å². The lowest BCUT2D eigenvalue weighted by atomic mass is 10.2. The van der Waals surface area contributed by atoms with Crippen LogP contribution in [0.15, 0.2) is 42.7 Å². The lowest BCUT2D eigenvalue weighted by Gasteiger charge is -2.07. The molecule has 0 bridgehead atoms. The fraction of sp³-hybridized carbons (Fsp3) is 0.214. The Labute approximate surface area is 112 Å². The molecule has 2 N–H and O–H groups in total. The van der Waals surface area contributed by atoms with Crippen LogP contribution in [0.3, 0.4) is 0 Å². The van der Waals surface area contributed by atoms with Gasteiger partial charge in [0.1, 0.15) is 0 Å². The smallest absolute Gasteiger partial charge is 0.411 e. The number of methoxy groups -OCH3 is 1. The summed E-state index contributed by atoms with van der Waals surface area (Å²) in [6.45, 7) is 0.768. The minimum atomic E-state index is -0.468. The quantitative estimate of drug-likeness (QED) is 0.887. The van der Waals surface area contributed by atoms with E-state index < -0.39 is 6.09 Å². The van der Waals surface area contributed by atoms with Gasteiger partial charge >= 0.3 is 6.09 Å². The van der Waals surface area contributed by atoms with Gasteiger partial charge in [0.15, 0.2) is 0 Å². The summed E-state index contributed by atoms with van der Waals surface area (Å²) in [5.41, 5.74) is 2.93. The van der Waals surface area contributed by atoms with E-state index in [9.17, 15) is 4.79 Å². The van der Waals surface area contributed by atoms with Crippen molar-refractivity contribution in [2.24, 2.45) is 7.05 Å². The molecule has 5 nitrogen and oxygen atoms in total. The summed E-state index contributed by atoms with van der Waals surface area (Å²) in [7, 11) is 3.34. The zero-order valence-corrected chi connectivity index (χ0v) is 11.0. The van der Waals surface area contributed by atoms with Crippen LogP contribution >= 0.6 is 0 Å². The Bertz CT molecular complexity index is 546. The molecule has 1 aromatic carbocycles. The molecule has 19 heavy (non-hydrogen) atoms. The number of nitrogens with one attached hydrogen (secondary N) is 2. The van der Waals surface area contributed by atoms with Gasteiger partial charge in [-0.25, -0.2) is 4.79 Å². The third-order valence-electron chi connectivity index (χ3n) is 2.71. The van der Waals surface area contributed by atoms with Crippen LogP contribution in [-0.2, 0) is 18.3 Å². The van der Waals surface area contributed by atoms with Gasteiger partial charge in [0.05, 0.1) is 7.11 Å². The number of rotatable bonds is 4. The van der Waals surface area contributed by atoms with Gasteiger partial charge in [-0.15, -0.1) is 0 Å². The van der Waals surface area contributed by atoms with Crippen molar-refractivity contribution in [3.63, 3.8) is 0 Å². The minimum absolute atomic E-state index is 0.468. The van der Waals surface area contributed by atoms with Crippen LogP contribution in [0.2, 0.25) is 0 Å². The zero-order chi connectivity index (χ0) is 13.7. The number of benzene rings is 1. The molecule has 1 heterocycles. The Morgan fingerprint density at radius 2 is 1.89 bits per heavy atom. The second-order valence-corrected chi connectivity index (χ2v) is 4.23. The summed E-state index contributed by atoms with van der Waals surface area (Å²) in [6.07, 6.45) is 3.62. The average molecular weight is 259 g/mol. The summed E-state index contributed by atoms with van der Waals surface area (Å²) in [5, 5.41) is 5.92. The van der Waals surface area contributed by atoms with Crippen LogP contribution < -0.4 is 10.6 Å². The van der Waals surface area contributed by atoms with Crippen molar-refractivity contribution in [3.05, 3.63) is 48.3 Å². The molecule has 0 spiro atoms. The fourth-order valence-corrected chi connectivity index (χ4v) is 1.71. The Hall–Kier alpha value is -2.43. The minimum Gasteiger partial charge on any atom is -0.453 e. The molecule has 0 aliphatic rings. The van der Waals surface area contributed by atoms with Crippen molar-refractivity contribution in [3.8, 4) is 0 Å². The SMILES string of the molecule is COC(=O)Nc1ccc(NCc2ccn(C)c2)cc1. The van der Waals surface area contributed by atoms with Gasteiger partial charge in [0.25, 0.3) is 0 Å². The predicted molar refractivity (Wildman–Crippen MR) is 75.2 cm³/mol. The molecule has 0 radical (unpaired) electrons. The maximum atomic E-state index is 11.0. The van der Waals surface area contributed by atoms with E-state index in [1.807, 2.05) is 42.1 Å². The molecule has 2 aromatic rings. The molecule has 0 aliphatic heterocycles. The number of aromatic nitrogens is 1. The van der Waals surface area contributed by atoms with Crippen LogP contribution in [0.1, 0.15) is 5.56 Å². The Balaban J connectivity index is 1.89. The molecule has 0 saturated heterocycles. The van der Waals surface area contributed by atoms with E-state index in [1.165, 1.54) is 12.7 Å². The van der Waals surface area contributed by atoms with Crippen molar-refractivity contribution in [2.75, 3.05) is 17.7 Å². The van der Waals surface area contributed by atoms with Gasteiger partial charge in [-0.2, -0.15) is 0 Å². The van der Waals surface area contributed by atoms with Gasteiger partial charge in [-0.3, -0.25) is 5.32 Å². The number of amides is 1. The van der Waals surface area contributed by atoms with E-state index >= 15 is 0 Å². The first-order valence-corrected chi connectivity index (χ1v) is 5.97. The molecule has 0 saturated carbocycles. The summed E-state index contributed by atoms with van der Waals surface area (Å²) >= 11 is 0. The molecule has 2 rings (SSSR count). The first-order chi connectivity index (χ1) is 9.17. The van der Waals surface area contributed by atoms with Gasteiger partial charge in [-0.05, 0) is 35.9 Å². The summed E-state index contributed by atoms with van der Waals surface area (Å²) in [6, 6.07) is 9.54. The molecule has 0 atom stereocenters. The van der Waals surface area contributed by atoms with Gasteiger partial charge in [0, 0.05) is 37.4 Å². The molecule has 0 fully saturated rings. The lowest BCUT2D eigenvalue weighted by Crippen LogP contribution is -2.10. The fourth-order valence-electron chi connectivity index (χ4n) is 1.71. The molecular formula is C14H17N3O2. The highest BCUT2D eigenvalue weighted by Gasteiger charge is 2.00. The Kier molecular flexibility index (Phi) is 4.07. The Morgan fingerprint density at radius 1 is 1.21 bits per heavy atom. The van der Waals surface area contributed by atoms with E-state index in [1.54, 1.807) is 0 Å². The van der Waals surface area contributed by atoms with E-state index in [-0.39, 0.29) is 0 Å². The predicted octanol–water partition coefficient (Wildman–Crippen LogP) is 2.82. The molecule has 0 unspecified atom stereocenters. The first kappa shape index (κ1) is 13.0. The summed E-state index contributed by atoms with van der Waals surface area (Å²) in [5.74, 6) is 0. The number of carbonyl (C=O) groups excluding carboxylic acids is 1. The summed E-state index contributed by atoms with van der Waals surface area (Å²) < 4.78 is 6.54. The second kappa shape index (κ2) is 5.95. The number of carbonyl (C=O) groups is 1. The third-order valence-corrected chi connectivity index (χ3v) is 2.71. The normalized spacial score (nSPS) is 10.0. The molecular weight excluding hydrogens is 242 g/mol. The van der Waals surface area contributed by atoms with Crippen molar-refractivity contribution in [2.45, 2.75) is 6.54 Å². The largest absolute Gasteiger partial charge is 0.453 e. The molecule has 1 aromatic heterocycles. The Morgan fingerprint density at radius 3 is 2.47 bits per heavy atom. The highest BCUT2D eigenvalue weighted by atomic mass is 16.5. The second-order valence-electron chi connectivity index (χ2n) is 4.23. The van der Waals surface area contributed by atoms with Crippen molar-refractivity contribution < 1.29 is 9.53 Å². The van der Waals surface area contributed by atoms with Crippen molar-refractivity contribution in [1.29, 1.82) is 0 Å².